The number of fused-ring (bicyclic) bond motifs is 3. The van der Waals surface area contributed by atoms with Crippen molar-refractivity contribution < 1.29 is 44.2 Å². The van der Waals surface area contributed by atoms with Crippen LogP contribution in [0.2, 0.25) is 0 Å². The first-order chi connectivity index (χ1) is 21.9. The van der Waals surface area contributed by atoms with Gasteiger partial charge in [0.2, 0.25) is 0 Å². The van der Waals surface area contributed by atoms with E-state index in [1.165, 1.54) is 0 Å². The lowest BCUT2D eigenvalue weighted by Gasteiger charge is -2.34. The first-order valence-electron chi connectivity index (χ1n) is 14.5. The van der Waals surface area contributed by atoms with Crippen LogP contribution in [-0.4, -0.2) is 66.3 Å². The summed E-state index contributed by atoms with van der Waals surface area (Å²) in [5.41, 5.74) is 5.92. The Balaban J connectivity index is 0.00000480. The molecular weight excluding hydrogens is 588 g/mol. The van der Waals surface area contributed by atoms with Crippen molar-refractivity contribution in [1.82, 2.24) is 0 Å². The Bertz CT molecular complexity index is 1540. The van der Waals surface area contributed by atoms with Gasteiger partial charge >= 0.3 is 11.9 Å². The van der Waals surface area contributed by atoms with E-state index >= 15 is 0 Å². The molecule has 2 unspecified atom stereocenters. The molecule has 0 radical (unpaired) electrons. The number of ether oxygens (including phenoxy) is 4. The van der Waals surface area contributed by atoms with E-state index in [1.54, 1.807) is 0 Å². The van der Waals surface area contributed by atoms with Gasteiger partial charge in [-0.1, -0.05) is 86.0 Å². The molecule has 0 aromatic heterocycles. The molecule has 46 heavy (non-hydrogen) atoms. The van der Waals surface area contributed by atoms with Crippen molar-refractivity contribution >= 4 is 11.9 Å². The summed E-state index contributed by atoms with van der Waals surface area (Å²) in [5, 5.41) is 20.3. The molecule has 5 rings (SSSR count). The highest BCUT2D eigenvalue weighted by Crippen LogP contribution is 2.56. The third kappa shape index (κ3) is 7.02. The van der Waals surface area contributed by atoms with Gasteiger partial charge in [0.25, 0.3) is 0 Å². The average Bonchev–Trinajstić information content (AvgIpc) is 3.39. The molecule has 0 heterocycles. The van der Waals surface area contributed by atoms with E-state index in [9.17, 15) is 19.8 Å². The van der Waals surface area contributed by atoms with Crippen molar-refractivity contribution in [1.29, 1.82) is 0 Å². The van der Waals surface area contributed by atoms with Crippen molar-refractivity contribution in [3.05, 3.63) is 145 Å². The number of carbonyl (C=O) groups excluding carboxylic acids is 2. The minimum atomic E-state index is -0.988. The van der Waals surface area contributed by atoms with E-state index in [0.29, 0.717) is 11.5 Å². The molecule has 4 aromatic carbocycles. The van der Waals surface area contributed by atoms with Crippen LogP contribution in [0, 0.1) is 0 Å². The number of benzene rings is 4. The summed E-state index contributed by atoms with van der Waals surface area (Å²) >= 11 is 0. The van der Waals surface area contributed by atoms with Gasteiger partial charge in [-0.3, -0.25) is 0 Å². The zero-order valence-corrected chi connectivity index (χ0v) is 25.1. The van der Waals surface area contributed by atoms with Gasteiger partial charge in [-0.15, -0.1) is 0 Å². The Labute approximate surface area is 267 Å². The van der Waals surface area contributed by atoms with Gasteiger partial charge in [-0.2, -0.15) is 0 Å². The number of aliphatic hydroxyl groups is 2. The average molecular weight is 625 g/mol. The lowest BCUT2D eigenvalue weighted by atomic mass is 9.68. The minimum Gasteiger partial charge on any atom is -0.491 e. The number of esters is 2. The summed E-state index contributed by atoms with van der Waals surface area (Å²) in [6, 6.07) is 32.2. The first kappa shape index (κ1) is 33.7. The highest BCUT2D eigenvalue weighted by atomic mass is 16.6. The molecule has 0 fully saturated rings. The maximum atomic E-state index is 11.3. The van der Waals surface area contributed by atoms with Crippen LogP contribution < -0.4 is 9.47 Å². The molecule has 4 aromatic rings. The predicted octanol–water partition coefficient (Wildman–Crippen LogP) is 4.16. The molecule has 9 nitrogen and oxygen atoms in total. The van der Waals surface area contributed by atoms with Crippen LogP contribution >= 0.6 is 0 Å². The summed E-state index contributed by atoms with van der Waals surface area (Å²) in [5.74, 6) is -0.0959. The Morgan fingerprint density at radius 1 is 0.609 bits per heavy atom. The monoisotopic (exact) mass is 624 g/mol. The van der Waals surface area contributed by atoms with Gasteiger partial charge in [0.05, 0.1) is 5.41 Å². The second kappa shape index (κ2) is 15.2. The summed E-state index contributed by atoms with van der Waals surface area (Å²) in [7, 11) is 0. The smallest absolute Gasteiger partial charge is 0.330 e. The molecule has 9 heteroatoms. The van der Waals surface area contributed by atoms with Crippen LogP contribution in [0.1, 0.15) is 22.3 Å². The van der Waals surface area contributed by atoms with Crippen LogP contribution in [0.4, 0.5) is 0 Å². The molecule has 0 saturated heterocycles. The maximum absolute atomic E-state index is 11.3. The minimum absolute atomic E-state index is 0. The second-order valence-electron chi connectivity index (χ2n) is 10.5. The van der Waals surface area contributed by atoms with E-state index in [2.05, 4.69) is 37.4 Å². The quantitative estimate of drug-likeness (QED) is 0.139. The van der Waals surface area contributed by atoms with Gasteiger partial charge in [0.15, 0.2) is 0 Å². The van der Waals surface area contributed by atoms with Crippen molar-refractivity contribution in [2.75, 3.05) is 26.4 Å². The highest BCUT2D eigenvalue weighted by Gasteiger charge is 2.45. The van der Waals surface area contributed by atoms with Gasteiger partial charge in [-0.05, 0) is 57.6 Å². The molecule has 0 amide bonds. The fourth-order valence-electron chi connectivity index (χ4n) is 5.58. The number of hydrogen-bond acceptors (Lipinski definition) is 8. The standard InChI is InChI=1S/C37H34O8.H2O/c1-3-35(40)44-23-27(38)21-42-29-17-13-25(14-18-29)37(33-11-7-5-9-31(33)32-10-6-8-12-34(32)37)26-15-19-30(20-16-26)43-22-28(39)24-45-36(41)4-2;/h3-20,27-28,38-39H,1-2,21-24H2;1H2. The SMILES string of the molecule is C=CC(=O)OCC(O)COc1ccc(C2(c3ccc(OCC(O)COC(=O)C=C)cc3)c3ccccc3-c3ccccc32)cc1.O. The van der Waals surface area contributed by atoms with Gasteiger partial charge in [-0.25, -0.2) is 9.59 Å². The Kier molecular flexibility index (Phi) is 11.1. The van der Waals surface area contributed by atoms with Crippen LogP contribution in [-0.2, 0) is 24.5 Å². The van der Waals surface area contributed by atoms with Crippen LogP contribution in [0.15, 0.2) is 122 Å². The summed E-state index contributed by atoms with van der Waals surface area (Å²) < 4.78 is 21.4. The first-order valence-corrected chi connectivity index (χ1v) is 14.5. The van der Waals surface area contributed by atoms with Crippen molar-refractivity contribution in [3.8, 4) is 22.6 Å². The van der Waals surface area contributed by atoms with Gasteiger partial charge in [0, 0.05) is 12.2 Å². The van der Waals surface area contributed by atoms with E-state index in [-0.39, 0.29) is 31.9 Å². The summed E-state index contributed by atoms with van der Waals surface area (Å²) in [4.78, 5) is 22.6. The van der Waals surface area contributed by atoms with Gasteiger partial charge in [0.1, 0.15) is 50.1 Å². The van der Waals surface area contributed by atoms with E-state index in [4.69, 9.17) is 18.9 Å². The molecule has 0 spiro atoms. The highest BCUT2D eigenvalue weighted by molar-refractivity contribution is 5.86. The third-order valence-corrected chi connectivity index (χ3v) is 7.58. The van der Waals surface area contributed by atoms with Crippen molar-refractivity contribution in [2.24, 2.45) is 0 Å². The molecule has 0 bridgehead atoms. The topological polar surface area (TPSA) is 143 Å². The molecule has 2 atom stereocenters. The molecular formula is C37H36O9. The van der Waals surface area contributed by atoms with E-state index in [0.717, 1.165) is 45.5 Å². The summed E-state index contributed by atoms with van der Waals surface area (Å²) in [6.07, 6.45) is 0.104. The molecule has 4 N–H and O–H groups in total. The van der Waals surface area contributed by atoms with Crippen molar-refractivity contribution in [2.45, 2.75) is 17.6 Å². The molecule has 1 aliphatic carbocycles. The Morgan fingerprint density at radius 2 is 0.978 bits per heavy atom. The van der Waals surface area contributed by atoms with Crippen LogP contribution in [0.3, 0.4) is 0 Å². The zero-order chi connectivity index (χ0) is 31.8. The van der Waals surface area contributed by atoms with Crippen LogP contribution in [0.5, 0.6) is 11.5 Å². The Morgan fingerprint density at radius 3 is 1.35 bits per heavy atom. The molecule has 0 aliphatic heterocycles. The lowest BCUT2D eigenvalue weighted by molar-refractivity contribution is -0.142. The number of carbonyl (C=O) groups is 2. The summed E-state index contributed by atoms with van der Waals surface area (Å²) in [6.45, 7) is 6.20. The fraction of sp³-hybridized carbons (Fsp3) is 0.189. The van der Waals surface area contributed by atoms with E-state index in [1.807, 2.05) is 72.8 Å². The Hall–Kier alpha value is -5.22. The number of rotatable bonds is 14. The van der Waals surface area contributed by atoms with E-state index < -0.39 is 29.6 Å². The fourth-order valence-corrected chi connectivity index (χ4v) is 5.58. The largest absolute Gasteiger partial charge is 0.491 e. The lowest BCUT2D eigenvalue weighted by Crippen LogP contribution is -2.28. The third-order valence-electron chi connectivity index (χ3n) is 7.58. The normalized spacial score (nSPS) is 13.5. The molecule has 1 aliphatic rings. The second-order valence-corrected chi connectivity index (χ2v) is 10.5. The maximum Gasteiger partial charge on any atom is 0.330 e. The number of hydrogen-bond donors (Lipinski definition) is 2. The van der Waals surface area contributed by atoms with Crippen molar-refractivity contribution in [3.63, 3.8) is 0 Å². The van der Waals surface area contributed by atoms with Gasteiger partial charge < -0.3 is 34.6 Å². The molecule has 238 valence electrons. The number of aliphatic hydroxyl groups excluding tert-OH is 2. The molecule has 0 saturated carbocycles. The predicted molar refractivity (Wildman–Crippen MR) is 173 cm³/mol. The van der Waals surface area contributed by atoms with Crippen LogP contribution in [0.25, 0.3) is 11.1 Å². The zero-order valence-electron chi connectivity index (χ0n) is 25.1.